The van der Waals surface area contributed by atoms with Gasteiger partial charge in [0.2, 0.25) is 0 Å². The first-order valence-electron chi connectivity index (χ1n) is 3.73. The molecule has 2 rings (SSSR count). The van der Waals surface area contributed by atoms with Crippen molar-refractivity contribution in [3.8, 4) is 0 Å². The largest absolute Gasteiger partial charge is 0.256 e. The molecule has 12 heavy (non-hydrogen) atoms. The van der Waals surface area contributed by atoms with Gasteiger partial charge in [-0.25, -0.2) is 8.78 Å². The van der Waals surface area contributed by atoms with Crippen molar-refractivity contribution >= 4 is 15.9 Å². The summed E-state index contributed by atoms with van der Waals surface area (Å²) in [6, 6.07) is 5.37. The molecule has 0 saturated heterocycles. The molecule has 0 amide bonds. The number of alkyl halides is 2. The second-order valence-electron chi connectivity index (χ2n) is 3.09. The molecule has 1 aromatic rings. The summed E-state index contributed by atoms with van der Waals surface area (Å²) < 4.78 is 26.6. The lowest BCUT2D eigenvalue weighted by molar-refractivity contribution is 0.0129. The Morgan fingerprint density at radius 3 is 2.67 bits per heavy atom. The van der Waals surface area contributed by atoms with Crippen LogP contribution >= 0.6 is 15.9 Å². The van der Waals surface area contributed by atoms with Crippen LogP contribution < -0.4 is 0 Å². The van der Waals surface area contributed by atoms with Gasteiger partial charge in [-0.05, 0) is 17.2 Å². The zero-order valence-electron chi connectivity index (χ0n) is 6.28. The summed E-state index contributed by atoms with van der Waals surface area (Å²) in [6.07, 6.45) is -0.231. The molecule has 0 aliphatic heterocycles. The molecule has 0 saturated carbocycles. The van der Waals surface area contributed by atoms with E-state index < -0.39 is 5.92 Å². The van der Waals surface area contributed by atoms with Gasteiger partial charge < -0.3 is 0 Å². The zero-order valence-corrected chi connectivity index (χ0v) is 7.87. The summed E-state index contributed by atoms with van der Waals surface area (Å²) in [7, 11) is 0. The van der Waals surface area contributed by atoms with Crippen LogP contribution in [0.5, 0.6) is 0 Å². The van der Waals surface area contributed by atoms with Gasteiger partial charge in [0.15, 0.2) is 0 Å². The summed E-state index contributed by atoms with van der Waals surface area (Å²) in [5.41, 5.74) is 1.54. The van der Waals surface area contributed by atoms with Crippen LogP contribution in [0.2, 0.25) is 0 Å². The van der Waals surface area contributed by atoms with Crippen molar-refractivity contribution in [2.24, 2.45) is 0 Å². The molecule has 0 nitrogen and oxygen atoms in total. The monoisotopic (exact) mass is 232 g/mol. The molecule has 0 aromatic heterocycles. The van der Waals surface area contributed by atoms with E-state index in [0.717, 1.165) is 15.6 Å². The summed E-state index contributed by atoms with van der Waals surface area (Å²) in [5, 5.41) is 0. The topological polar surface area (TPSA) is 0 Å². The second kappa shape index (κ2) is 2.52. The highest BCUT2D eigenvalue weighted by Crippen LogP contribution is 2.37. The summed E-state index contributed by atoms with van der Waals surface area (Å²) in [5.74, 6) is -2.54. The smallest absolute Gasteiger partial charge is 0.206 e. The molecule has 0 heterocycles. The third kappa shape index (κ3) is 1.26. The molecule has 0 radical (unpaired) electrons. The molecule has 0 atom stereocenters. The molecule has 1 aliphatic carbocycles. The molecule has 1 aromatic carbocycles. The molecule has 1 aliphatic rings. The van der Waals surface area contributed by atoms with Gasteiger partial charge in [0.05, 0.1) is 0 Å². The fraction of sp³-hybridized carbons (Fsp3) is 0.333. The van der Waals surface area contributed by atoms with Gasteiger partial charge in [-0.15, -0.1) is 0 Å². The third-order valence-electron chi connectivity index (χ3n) is 2.10. The van der Waals surface area contributed by atoms with Crippen LogP contribution in [0.3, 0.4) is 0 Å². The lowest BCUT2D eigenvalue weighted by Crippen LogP contribution is -2.14. The highest BCUT2D eigenvalue weighted by atomic mass is 79.9. The molecule has 0 unspecified atom stereocenters. The highest BCUT2D eigenvalue weighted by molar-refractivity contribution is 9.10. The van der Waals surface area contributed by atoms with Crippen molar-refractivity contribution in [3.05, 3.63) is 33.8 Å². The Morgan fingerprint density at radius 2 is 2.00 bits per heavy atom. The maximum Gasteiger partial charge on any atom is 0.256 e. The lowest BCUT2D eigenvalue weighted by atomic mass is 10.1. The van der Waals surface area contributed by atoms with E-state index in [-0.39, 0.29) is 12.8 Å². The molecule has 0 spiro atoms. The van der Waals surface area contributed by atoms with Crippen LogP contribution in [0.1, 0.15) is 11.1 Å². The molecule has 0 bridgehead atoms. The van der Waals surface area contributed by atoms with Gasteiger partial charge in [0.1, 0.15) is 0 Å². The van der Waals surface area contributed by atoms with Crippen molar-refractivity contribution in [1.82, 2.24) is 0 Å². The van der Waals surface area contributed by atoms with E-state index in [4.69, 9.17) is 0 Å². The zero-order chi connectivity index (χ0) is 8.77. The number of rotatable bonds is 0. The number of benzene rings is 1. The van der Waals surface area contributed by atoms with Crippen LogP contribution in [-0.2, 0) is 12.8 Å². The minimum absolute atomic E-state index is 0.109. The predicted octanol–water partition coefficient (Wildman–Crippen LogP) is 3.18. The van der Waals surface area contributed by atoms with E-state index >= 15 is 0 Å². The Bertz CT molecular complexity index is 320. The summed E-state index contributed by atoms with van der Waals surface area (Å²) in [6.45, 7) is 0. The van der Waals surface area contributed by atoms with Crippen molar-refractivity contribution in [1.29, 1.82) is 0 Å². The Morgan fingerprint density at radius 1 is 1.25 bits per heavy atom. The first-order chi connectivity index (χ1) is 5.58. The lowest BCUT2D eigenvalue weighted by Gasteiger charge is -2.04. The number of fused-ring (bicyclic) bond motifs is 1. The van der Waals surface area contributed by atoms with E-state index in [9.17, 15) is 8.78 Å². The average molecular weight is 233 g/mol. The first kappa shape index (κ1) is 8.17. The average Bonchev–Trinajstić information content (AvgIpc) is 2.25. The number of hydrogen-bond donors (Lipinski definition) is 0. The minimum atomic E-state index is -2.54. The Hall–Kier alpha value is -0.440. The standard InChI is InChI=1S/C9H7BrF2/c10-8-3-1-2-6-4-9(11,12)5-7(6)8/h1-3H,4-5H2. The van der Waals surface area contributed by atoms with Crippen molar-refractivity contribution in [3.63, 3.8) is 0 Å². The van der Waals surface area contributed by atoms with Gasteiger partial charge in [-0.3, -0.25) is 0 Å². The van der Waals surface area contributed by atoms with Gasteiger partial charge in [0, 0.05) is 17.3 Å². The van der Waals surface area contributed by atoms with Crippen molar-refractivity contribution < 1.29 is 8.78 Å². The summed E-state index contributed by atoms with van der Waals surface area (Å²) >= 11 is 3.27. The van der Waals surface area contributed by atoms with Crippen LogP contribution in [0.4, 0.5) is 8.78 Å². The van der Waals surface area contributed by atoms with Gasteiger partial charge in [-0.2, -0.15) is 0 Å². The Kier molecular flexibility index (Phi) is 1.72. The van der Waals surface area contributed by atoms with E-state index in [2.05, 4.69) is 15.9 Å². The number of hydrogen-bond acceptors (Lipinski definition) is 0. The number of halogens is 3. The molecular formula is C9H7BrF2. The van der Waals surface area contributed by atoms with E-state index in [1.54, 1.807) is 18.2 Å². The fourth-order valence-corrected chi connectivity index (χ4v) is 2.11. The molecule has 3 heteroatoms. The molecule has 0 fully saturated rings. The minimum Gasteiger partial charge on any atom is -0.206 e. The Labute approximate surface area is 77.7 Å². The van der Waals surface area contributed by atoms with Crippen LogP contribution in [0, 0.1) is 0 Å². The molecular weight excluding hydrogens is 226 g/mol. The van der Waals surface area contributed by atoms with Crippen molar-refractivity contribution in [2.45, 2.75) is 18.8 Å². The van der Waals surface area contributed by atoms with Gasteiger partial charge >= 0.3 is 0 Å². The fourth-order valence-electron chi connectivity index (χ4n) is 1.57. The highest BCUT2D eigenvalue weighted by Gasteiger charge is 2.37. The third-order valence-corrected chi connectivity index (χ3v) is 2.84. The maximum atomic E-state index is 12.9. The normalized spacial score (nSPS) is 19.2. The van der Waals surface area contributed by atoms with Crippen LogP contribution in [0.15, 0.2) is 22.7 Å². The summed E-state index contributed by atoms with van der Waals surface area (Å²) in [4.78, 5) is 0. The van der Waals surface area contributed by atoms with E-state index in [1.807, 2.05) is 0 Å². The molecule has 64 valence electrons. The van der Waals surface area contributed by atoms with Gasteiger partial charge in [-0.1, -0.05) is 28.1 Å². The van der Waals surface area contributed by atoms with E-state index in [1.165, 1.54) is 0 Å². The first-order valence-corrected chi connectivity index (χ1v) is 4.52. The maximum absolute atomic E-state index is 12.9. The quantitative estimate of drug-likeness (QED) is 0.645. The molecule has 0 N–H and O–H groups in total. The Balaban J connectivity index is 2.48. The van der Waals surface area contributed by atoms with E-state index in [0.29, 0.717) is 0 Å². The SMILES string of the molecule is FC1(F)Cc2cccc(Br)c2C1. The second-order valence-corrected chi connectivity index (χ2v) is 3.94. The predicted molar refractivity (Wildman–Crippen MR) is 46.5 cm³/mol. The van der Waals surface area contributed by atoms with Crippen molar-refractivity contribution in [2.75, 3.05) is 0 Å². The van der Waals surface area contributed by atoms with Crippen LogP contribution in [0.25, 0.3) is 0 Å². The van der Waals surface area contributed by atoms with Gasteiger partial charge in [0.25, 0.3) is 5.92 Å². The van der Waals surface area contributed by atoms with Crippen LogP contribution in [-0.4, -0.2) is 5.92 Å².